The van der Waals surface area contributed by atoms with Crippen molar-refractivity contribution in [2.45, 2.75) is 33.1 Å². The van der Waals surface area contributed by atoms with E-state index in [0.717, 1.165) is 0 Å². The second-order valence-electron chi connectivity index (χ2n) is 2.27. The molecule has 0 bridgehead atoms. The first-order chi connectivity index (χ1) is 3.50. The zero-order chi connectivity index (χ0) is 6.78. The van der Waals surface area contributed by atoms with Gasteiger partial charge in [-0.3, -0.25) is 0 Å². The maximum Gasteiger partial charge on any atom is 0.250 e. The van der Waals surface area contributed by atoms with Gasteiger partial charge in [0.15, 0.2) is 0 Å². The zero-order valence-corrected chi connectivity index (χ0v) is 5.54. The van der Waals surface area contributed by atoms with Gasteiger partial charge < -0.3 is 0 Å². The molecule has 0 unspecified atom stereocenters. The maximum absolute atomic E-state index is 12.3. The van der Waals surface area contributed by atoms with Crippen LogP contribution in [0.1, 0.15) is 27.2 Å². The minimum atomic E-state index is -2.46. The molecule has 0 aliphatic carbocycles. The molecule has 0 aliphatic rings. The van der Waals surface area contributed by atoms with Crippen molar-refractivity contribution in [3.63, 3.8) is 0 Å². The van der Waals surface area contributed by atoms with Crippen LogP contribution in [0.3, 0.4) is 0 Å². The van der Waals surface area contributed by atoms with Crippen LogP contribution in [0.15, 0.2) is 0 Å². The van der Waals surface area contributed by atoms with Crippen LogP contribution in [0.4, 0.5) is 8.78 Å². The molecule has 50 valence electrons. The smallest absolute Gasteiger partial charge is 0.207 e. The standard InChI is InChI=1S/C6H12F2/c1-4-6(7,8)5(2)3/h5H,4H2,1-3H3. The summed E-state index contributed by atoms with van der Waals surface area (Å²) in [5.41, 5.74) is 0. The predicted octanol–water partition coefficient (Wildman–Crippen LogP) is 2.69. The Labute approximate surface area is 48.9 Å². The second kappa shape index (κ2) is 2.42. The molecule has 0 amide bonds. The Morgan fingerprint density at radius 1 is 1.38 bits per heavy atom. The van der Waals surface area contributed by atoms with E-state index in [9.17, 15) is 8.78 Å². The number of rotatable bonds is 2. The number of hydrogen-bond acceptors (Lipinski definition) is 0. The molecular formula is C6H12F2. The quantitative estimate of drug-likeness (QED) is 0.528. The Balaban J connectivity index is 3.71. The molecule has 0 spiro atoms. The van der Waals surface area contributed by atoms with Crippen LogP contribution in [0.5, 0.6) is 0 Å². The van der Waals surface area contributed by atoms with Crippen LogP contribution in [0.2, 0.25) is 0 Å². The molecular weight excluding hydrogens is 110 g/mol. The van der Waals surface area contributed by atoms with Gasteiger partial charge in [0.25, 0.3) is 0 Å². The highest BCUT2D eigenvalue weighted by Gasteiger charge is 2.29. The lowest BCUT2D eigenvalue weighted by Crippen LogP contribution is -2.21. The molecule has 0 fully saturated rings. The summed E-state index contributed by atoms with van der Waals surface area (Å²) in [5.74, 6) is -2.98. The molecule has 0 saturated heterocycles. The van der Waals surface area contributed by atoms with E-state index < -0.39 is 11.8 Å². The summed E-state index contributed by atoms with van der Waals surface area (Å²) >= 11 is 0. The molecule has 0 aromatic heterocycles. The molecule has 0 aromatic rings. The normalized spacial score (nSPS) is 12.8. The molecule has 0 radical (unpaired) electrons. The first-order valence-electron chi connectivity index (χ1n) is 2.88. The van der Waals surface area contributed by atoms with Gasteiger partial charge >= 0.3 is 0 Å². The van der Waals surface area contributed by atoms with Gasteiger partial charge in [-0.2, -0.15) is 0 Å². The molecule has 0 atom stereocenters. The van der Waals surface area contributed by atoms with Crippen molar-refractivity contribution >= 4 is 0 Å². The summed E-state index contributed by atoms with van der Waals surface area (Å²) in [5, 5.41) is 0. The first kappa shape index (κ1) is 7.86. The fourth-order valence-electron chi connectivity index (χ4n) is 0.408. The Hall–Kier alpha value is -0.140. The van der Waals surface area contributed by atoms with Crippen LogP contribution >= 0.6 is 0 Å². The third-order valence-corrected chi connectivity index (χ3v) is 1.32. The molecule has 0 saturated carbocycles. The van der Waals surface area contributed by atoms with Gasteiger partial charge in [-0.1, -0.05) is 20.8 Å². The van der Waals surface area contributed by atoms with E-state index in [-0.39, 0.29) is 6.42 Å². The van der Waals surface area contributed by atoms with Gasteiger partial charge in [0.2, 0.25) is 5.92 Å². The fourth-order valence-corrected chi connectivity index (χ4v) is 0.408. The van der Waals surface area contributed by atoms with Gasteiger partial charge in [0.1, 0.15) is 0 Å². The van der Waals surface area contributed by atoms with Crippen LogP contribution in [0.25, 0.3) is 0 Å². The highest BCUT2D eigenvalue weighted by atomic mass is 19.3. The van der Waals surface area contributed by atoms with Crippen molar-refractivity contribution in [3.05, 3.63) is 0 Å². The Morgan fingerprint density at radius 2 is 1.75 bits per heavy atom. The van der Waals surface area contributed by atoms with E-state index in [1.165, 1.54) is 20.8 Å². The number of alkyl halides is 2. The van der Waals surface area contributed by atoms with E-state index >= 15 is 0 Å². The highest BCUT2D eigenvalue weighted by Crippen LogP contribution is 2.26. The molecule has 0 heterocycles. The van der Waals surface area contributed by atoms with Crippen molar-refractivity contribution < 1.29 is 8.78 Å². The zero-order valence-electron chi connectivity index (χ0n) is 5.54. The molecule has 2 heteroatoms. The topological polar surface area (TPSA) is 0 Å². The largest absolute Gasteiger partial charge is 0.250 e. The molecule has 8 heavy (non-hydrogen) atoms. The number of halogens is 2. The van der Waals surface area contributed by atoms with Gasteiger partial charge in [-0.25, -0.2) is 8.78 Å². The van der Waals surface area contributed by atoms with Crippen molar-refractivity contribution in [1.82, 2.24) is 0 Å². The SMILES string of the molecule is CCC(F)(F)C(C)C. The third-order valence-electron chi connectivity index (χ3n) is 1.32. The maximum atomic E-state index is 12.3. The predicted molar refractivity (Wildman–Crippen MR) is 30.1 cm³/mol. The molecule has 0 aliphatic heterocycles. The van der Waals surface area contributed by atoms with Crippen LogP contribution in [-0.4, -0.2) is 5.92 Å². The molecule has 0 rings (SSSR count). The highest BCUT2D eigenvalue weighted by molar-refractivity contribution is 4.66. The van der Waals surface area contributed by atoms with Crippen molar-refractivity contribution in [2.75, 3.05) is 0 Å². The lowest BCUT2D eigenvalue weighted by atomic mass is 10.0. The monoisotopic (exact) mass is 122 g/mol. The second-order valence-corrected chi connectivity index (χ2v) is 2.27. The fraction of sp³-hybridized carbons (Fsp3) is 1.00. The minimum absolute atomic E-state index is 0.0509. The number of hydrogen-bond donors (Lipinski definition) is 0. The van der Waals surface area contributed by atoms with E-state index in [1.807, 2.05) is 0 Å². The van der Waals surface area contributed by atoms with Crippen molar-refractivity contribution in [2.24, 2.45) is 5.92 Å². The average Bonchev–Trinajstić information content (AvgIpc) is 1.67. The minimum Gasteiger partial charge on any atom is -0.207 e. The van der Waals surface area contributed by atoms with E-state index in [4.69, 9.17) is 0 Å². The van der Waals surface area contributed by atoms with Gasteiger partial charge in [-0.15, -0.1) is 0 Å². The summed E-state index contributed by atoms with van der Waals surface area (Å²) in [6.07, 6.45) is -0.0509. The summed E-state index contributed by atoms with van der Waals surface area (Å²) in [4.78, 5) is 0. The Bertz CT molecular complexity index is 66.9. The Kier molecular flexibility index (Phi) is 2.38. The van der Waals surface area contributed by atoms with Crippen molar-refractivity contribution in [1.29, 1.82) is 0 Å². The van der Waals surface area contributed by atoms with Crippen LogP contribution < -0.4 is 0 Å². The average molecular weight is 122 g/mol. The lowest BCUT2D eigenvalue weighted by Gasteiger charge is -2.17. The van der Waals surface area contributed by atoms with Gasteiger partial charge in [0, 0.05) is 12.3 Å². The summed E-state index contributed by atoms with van der Waals surface area (Å²) in [6.45, 7) is 4.56. The summed E-state index contributed by atoms with van der Waals surface area (Å²) in [6, 6.07) is 0. The first-order valence-corrected chi connectivity index (χ1v) is 2.88. The van der Waals surface area contributed by atoms with E-state index in [2.05, 4.69) is 0 Å². The molecule has 0 nitrogen and oxygen atoms in total. The van der Waals surface area contributed by atoms with Gasteiger partial charge in [-0.05, 0) is 0 Å². The lowest BCUT2D eigenvalue weighted by molar-refractivity contribution is -0.0477. The third kappa shape index (κ3) is 1.76. The Morgan fingerprint density at radius 3 is 1.75 bits per heavy atom. The van der Waals surface area contributed by atoms with Crippen LogP contribution in [-0.2, 0) is 0 Å². The van der Waals surface area contributed by atoms with E-state index in [0.29, 0.717) is 0 Å². The van der Waals surface area contributed by atoms with Crippen molar-refractivity contribution in [3.8, 4) is 0 Å². The summed E-state index contributed by atoms with van der Waals surface area (Å²) in [7, 11) is 0. The summed E-state index contributed by atoms with van der Waals surface area (Å²) < 4.78 is 24.6. The van der Waals surface area contributed by atoms with Gasteiger partial charge in [0.05, 0.1) is 0 Å². The van der Waals surface area contributed by atoms with Crippen LogP contribution in [0, 0.1) is 5.92 Å². The molecule has 0 aromatic carbocycles. The van der Waals surface area contributed by atoms with E-state index in [1.54, 1.807) is 0 Å². The molecule has 0 N–H and O–H groups in total.